The minimum atomic E-state index is -0.716. The van der Waals surface area contributed by atoms with Crippen molar-refractivity contribution in [2.45, 2.75) is 39.7 Å². The van der Waals surface area contributed by atoms with Crippen LogP contribution in [0, 0.1) is 11.8 Å². The van der Waals surface area contributed by atoms with Crippen LogP contribution in [0.4, 0.5) is 0 Å². The third-order valence-corrected chi connectivity index (χ3v) is 1.95. The Bertz CT molecular complexity index is 145. The topological polar surface area (TPSA) is 63.3 Å². The Morgan fingerprint density at radius 1 is 1.33 bits per heavy atom. The van der Waals surface area contributed by atoms with Crippen LogP contribution in [0.3, 0.4) is 0 Å². The molecule has 0 saturated heterocycles. The lowest BCUT2D eigenvalue weighted by Gasteiger charge is -2.15. The van der Waals surface area contributed by atoms with E-state index in [2.05, 4.69) is 0 Å². The first-order chi connectivity index (χ1) is 5.43. The molecule has 72 valence electrons. The van der Waals surface area contributed by atoms with Crippen LogP contribution in [0.5, 0.6) is 0 Å². The van der Waals surface area contributed by atoms with Crippen molar-refractivity contribution >= 4 is 5.97 Å². The van der Waals surface area contributed by atoms with Crippen molar-refractivity contribution in [1.82, 2.24) is 0 Å². The average molecular weight is 173 g/mol. The SMILES string of the molecule is C[C@H](C[C@@H](C)N)C[C@H](C)C(=O)O. The fourth-order valence-corrected chi connectivity index (χ4v) is 1.44. The molecule has 0 rings (SSSR count). The third-order valence-electron chi connectivity index (χ3n) is 1.95. The van der Waals surface area contributed by atoms with Crippen LogP contribution < -0.4 is 5.73 Å². The predicted molar refractivity (Wildman–Crippen MR) is 48.8 cm³/mol. The van der Waals surface area contributed by atoms with Gasteiger partial charge in [0.2, 0.25) is 0 Å². The van der Waals surface area contributed by atoms with E-state index in [1.54, 1.807) is 6.92 Å². The van der Waals surface area contributed by atoms with E-state index < -0.39 is 5.97 Å². The van der Waals surface area contributed by atoms with Gasteiger partial charge < -0.3 is 10.8 Å². The molecule has 0 aromatic rings. The van der Waals surface area contributed by atoms with Gasteiger partial charge in [0.25, 0.3) is 0 Å². The molecular formula is C9H19NO2. The van der Waals surface area contributed by atoms with Gasteiger partial charge in [-0.3, -0.25) is 4.79 Å². The van der Waals surface area contributed by atoms with E-state index in [0.717, 1.165) is 12.8 Å². The Morgan fingerprint density at radius 2 is 1.83 bits per heavy atom. The average Bonchev–Trinajstić information content (AvgIpc) is 1.84. The summed E-state index contributed by atoms with van der Waals surface area (Å²) in [5, 5.41) is 8.63. The number of hydrogen-bond acceptors (Lipinski definition) is 2. The first-order valence-corrected chi connectivity index (χ1v) is 4.41. The highest BCUT2D eigenvalue weighted by molar-refractivity contribution is 5.69. The third kappa shape index (κ3) is 5.13. The molecule has 0 aliphatic heterocycles. The van der Waals surface area contributed by atoms with Gasteiger partial charge >= 0.3 is 5.97 Å². The quantitative estimate of drug-likeness (QED) is 0.661. The molecule has 0 fully saturated rings. The van der Waals surface area contributed by atoms with Crippen LogP contribution >= 0.6 is 0 Å². The second-order valence-corrected chi connectivity index (χ2v) is 3.79. The normalized spacial score (nSPS) is 18.3. The summed E-state index contributed by atoms with van der Waals surface area (Å²) in [5.41, 5.74) is 5.60. The van der Waals surface area contributed by atoms with E-state index in [1.165, 1.54) is 0 Å². The van der Waals surface area contributed by atoms with E-state index in [4.69, 9.17) is 10.8 Å². The Morgan fingerprint density at radius 3 is 2.17 bits per heavy atom. The van der Waals surface area contributed by atoms with Gasteiger partial charge in [0.1, 0.15) is 0 Å². The van der Waals surface area contributed by atoms with E-state index in [0.29, 0.717) is 5.92 Å². The van der Waals surface area contributed by atoms with Crippen LogP contribution in [0.15, 0.2) is 0 Å². The molecule has 0 aliphatic rings. The van der Waals surface area contributed by atoms with Gasteiger partial charge in [0.15, 0.2) is 0 Å². The number of rotatable bonds is 5. The highest BCUT2D eigenvalue weighted by Crippen LogP contribution is 2.16. The highest BCUT2D eigenvalue weighted by Gasteiger charge is 2.15. The number of hydrogen-bond donors (Lipinski definition) is 2. The molecule has 0 aliphatic carbocycles. The molecule has 0 saturated carbocycles. The highest BCUT2D eigenvalue weighted by atomic mass is 16.4. The van der Waals surface area contributed by atoms with Crippen molar-refractivity contribution in [1.29, 1.82) is 0 Å². The van der Waals surface area contributed by atoms with Gasteiger partial charge in [-0.1, -0.05) is 13.8 Å². The van der Waals surface area contributed by atoms with Gasteiger partial charge in [-0.25, -0.2) is 0 Å². The molecule has 0 bridgehead atoms. The zero-order chi connectivity index (χ0) is 9.72. The summed E-state index contributed by atoms with van der Waals surface area (Å²) in [6.45, 7) is 5.73. The number of carboxylic acids is 1. The lowest BCUT2D eigenvalue weighted by Crippen LogP contribution is -2.21. The largest absolute Gasteiger partial charge is 0.481 e. The molecule has 0 heterocycles. The van der Waals surface area contributed by atoms with Gasteiger partial charge in [-0.2, -0.15) is 0 Å². The summed E-state index contributed by atoms with van der Waals surface area (Å²) in [5.74, 6) is -0.568. The van der Waals surface area contributed by atoms with E-state index >= 15 is 0 Å². The van der Waals surface area contributed by atoms with Crippen molar-refractivity contribution in [3.05, 3.63) is 0 Å². The Hall–Kier alpha value is -0.570. The zero-order valence-corrected chi connectivity index (χ0v) is 8.08. The lowest BCUT2D eigenvalue weighted by atomic mass is 9.92. The molecule has 0 aromatic carbocycles. The monoisotopic (exact) mass is 173 g/mol. The fourth-order valence-electron chi connectivity index (χ4n) is 1.44. The maximum Gasteiger partial charge on any atom is 0.306 e. The maximum atomic E-state index is 10.5. The van der Waals surface area contributed by atoms with Gasteiger partial charge in [-0.15, -0.1) is 0 Å². The molecule has 0 spiro atoms. The number of carbonyl (C=O) groups is 1. The van der Waals surface area contributed by atoms with Crippen LogP contribution in [0.2, 0.25) is 0 Å². The number of nitrogens with two attached hydrogens (primary N) is 1. The van der Waals surface area contributed by atoms with E-state index in [9.17, 15) is 4.79 Å². The minimum absolute atomic E-state index is 0.168. The molecule has 3 atom stereocenters. The standard InChI is InChI=1S/C9H19NO2/c1-6(5-8(3)10)4-7(2)9(11)12/h6-8H,4-5,10H2,1-3H3,(H,11,12)/t6-,7-,8+/m0/s1. The molecule has 0 unspecified atom stereocenters. The maximum absolute atomic E-state index is 10.5. The first-order valence-electron chi connectivity index (χ1n) is 4.41. The van der Waals surface area contributed by atoms with Crippen LogP contribution in [0.25, 0.3) is 0 Å². The Kier molecular flexibility index (Phi) is 4.90. The molecular weight excluding hydrogens is 154 g/mol. The summed E-state index contributed by atoms with van der Waals surface area (Å²) in [7, 11) is 0. The van der Waals surface area contributed by atoms with Crippen LogP contribution in [-0.4, -0.2) is 17.1 Å². The van der Waals surface area contributed by atoms with Gasteiger partial charge in [0.05, 0.1) is 5.92 Å². The minimum Gasteiger partial charge on any atom is -0.481 e. The summed E-state index contributed by atoms with van der Waals surface area (Å²) in [6.07, 6.45) is 1.62. The molecule has 0 amide bonds. The number of carboxylic acid groups (broad SMARTS) is 1. The summed E-state index contributed by atoms with van der Waals surface area (Å²) in [4.78, 5) is 10.5. The molecule has 3 nitrogen and oxygen atoms in total. The van der Waals surface area contributed by atoms with Crippen molar-refractivity contribution in [3.63, 3.8) is 0 Å². The van der Waals surface area contributed by atoms with Crippen molar-refractivity contribution in [3.8, 4) is 0 Å². The van der Waals surface area contributed by atoms with E-state index in [-0.39, 0.29) is 12.0 Å². The van der Waals surface area contributed by atoms with Crippen LogP contribution in [0.1, 0.15) is 33.6 Å². The smallest absolute Gasteiger partial charge is 0.306 e. The van der Waals surface area contributed by atoms with Crippen molar-refractivity contribution in [2.75, 3.05) is 0 Å². The van der Waals surface area contributed by atoms with E-state index in [1.807, 2.05) is 13.8 Å². The Balaban J connectivity index is 3.68. The fraction of sp³-hybridized carbons (Fsp3) is 0.889. The Labute approximate surface area is 74.0 Å². The predicted octanol–water partition coefficient (Wildman–Crippen LogP) is 1.47. The molecule has 0 aromatic heterocycles. The number of aliphatic carboxylic acids is 1. The van der Waals surface area contributed by atoms with Gasteiger partial charge in [0, 0.05) is 6.04 Å². The first kappa shape index (κ1) is 11.4. The van der Waals surface area contributed by atoms with Gasteiger partial charge in [-0.05, 0) is 25.7 Å². The van der Waals surface area contributed by atoms with Crippen molar-refractivity contribution < 1.29 is 9.90 Å². The lowest BCUT2D eigenvalue weighted by molar-refractivity contribution is -0.141. The molecule has 0 radical (unpaired) electrons. The second-order valence-electron chi connectivity index (χ2n) is 3.79. The van der Waals surface area contributed by atoms with Crippen molar-refractivity contribution in [2.24, 2.45) is 17.6 Å². The molecule has 12 heavy (non-hydrogen) atoms. The molecule has 3 heteroatoms. The second kappa shape index (κ2) is 5.14. The summed E-state index contributed by atoms with van der Waals surface area (Å²) in [6, 6.07) is 0.168. The van der Waals surface area contributed by atoms with Crippen LogP contribution in [-0.2, 0) is 4.79 Å². The zero-order valence-electron chi connectivity index (χ0n) is 8.08. The summed E-state index contributed by atoms with van der Waals surface area (Å²) < 4.78 is 0. The summed E-state index contributed by atoms with van der Waals surface area (Å²) >= 11 is 0. The molecule has 3 N–H and O–H groups in total.